The molecule has 0 aliphatic heterocycles. The van der Waals surface area contributed by atoms with E-state index in [4.69, 9.17) is 14.3 Å². The number of anilines is 1. The summed E-state index contributed by atoms with van der Waals surface area (Å²) in [5.41, 5.74) is 0.875. The summed E-state index contributed by atoms with van der Waals surface area (Å²) in [5.74, 6) is 0.398. The van der Waals surface area contributed by atoms with Crippen molar-refractivity contribution in [3.05, 3.63) is 47.7 Å². The van der Waals surface area contributed by atoms with E-state index in [0.717, 1.165) is 0 Å². The maximum atomic E-state index is 12.2. The first kappa shape index (κ1) is 18.1. The number of amides is 1. The number of nitrogens with two attached hydrogens (primary N) is 1. The number of carbonyl (C=O) groups excluding carboxylic acids is 1. The van der Waals surface area contributed by atoms with Crippen molar-refractivity contribution in [1.82, 2.24) is 4.98 Å². The second kappa shape index (κ2) is 7.28. The van der Waals surface area contributed by atoms with Gasteiger partial charge in [0.2, 0.25) is 15.9 Å². The highest BCUT2D eigenvalue weighted by Gasteiger charge is 2.17. The average Bonchev–Trinajstić information content (AvgIpc) is 3.25. The molecule has 0 bridgehead atoms. The summed E-state index contributed by atoms with van der Waals surface area (Å²) < 4.78 is 33.5. The summed E-state index contributed by atoms with van der Waals surface area (Å²) in [4.78, 5) is 16.4. The third kappa shape index (κ3) is 4.10. The van der Waals surface area contributed by atoms with Crippen LogP contribution in [0, 0.1) is 0 Å². The maximum Gasteiger partial charge on any atom is 0.241 e. The van der Waals surface area contributed by atoms with Gasteiger partial charge < -0.3 is 14.5 Å². The lowest BCUT2D eigenvalue weighted by molar-refractivity contribution is -0.115. The van der Waals surface area contributed by atoms with Crippen LogP contribution in [-0.4, -0.2) is 26.4 Å². The van der Waals surface area contributed by atoms with Crippen molar-refractivity contribution in [1.29, 1.82) is 0 Å². The lowest BCUT2D eigenvalue weighted by atomic mass is 10.2. The monoisotopic (exact) mass is 393 g/mol. The number of hydrogen-bond donors (Lipinski definition) is 2. The van der Waals surface area contributed by atoms with E-state index < -0.39 is 10.0 Å². The van der Waals surface area contributed by atoms with Crippen LogP contribution in [0.5, 0.6) is 5.75 Å². The molecule has 3 rings (SSSR count). The molecule has 0 atom stereocenters. The molecule has 0 saturated carbocycles. The molecule has 0 aliphatic carbocycles. The number of methoxy groups -OCH3 is 1. The topological polar surface area (TPSA) is 125 Å². The number of furan rings is 1. The predicted molar refractivity (Wildman–Crippen MR) is 96.5 cm³/mol. The molecule has 8 nitrogen and oxygen atoms in total. The molecule has 3 aromatic rings. The summed E-state index contributed by atoms with van der Waals surface area (Å²) >= 11 is 1.37. The highest BCUT2D eigenvalue weighted by atomic mass is 32.2. The van der Waals surface area contributed by atoms with Crippen molar-refractivity contribution in [2.75, 3.05) is 12.4 Å². The Morgan fingerprint density at radius 3 is 2.85 bits per heavy atom. The van der Waals surface area contributed by atoms with E-state index >= 15 is 0 Å². The minimum Gasteiger partial charge on any atom is -0.495 e. The number of thiazole rings is 1. The number of aromatic nitrogens is 1. The third-order valence-electron chi connectivity index (χ3n) is 3.38. The van der Waals surface area contributed by atoms with Crippen LogP contribution in [0.2, 0.25) is 0 Å². The first-order valence-electron chi connectivity index (χ1n) is 7.36. The van der Waals surface area contributed by atoms with Crippen LogP contribution in [0.4, 0.5) is 5.69 Å². The molecular weight excluding hydrogens is 378 g/mol. The highest BCUT2D eigenvalue weighted by molar-refractivity contribution is 7.89. The van der Waals surface area contributed by atoms with Gasteiger partial charge in [0.05, 0.1) is 25.5 Å². The number of rotatable bonds is 6. The molecule has 10 heteroatoms. The van der Waals surface area contributed by atoms with E-state index in [-0.39, 0.29) is 23.0 Å². The number of hydrogen-bond acceptors (Lipinski definition) is 7. The smallest absolute Gasteiger partial charge is 0.241 e. The van der Waals surface area contributed by atoms with Gasteiger partial charge >= 0.3 is 0 Å². The Balaban J connectivity index is 1.72. The SMILES string of the molecule is COc1ccc(NC(=O)Cc2csc(-c3ccco3)n2)cc1S(N)(=O)=O. The van der Waals surface area contributed by atoms with Gasteiger partial charge in [-0.15, -0.1) is 11.3 Å². The molecule has 1 amide bonds. The standard InChI is InChI=1S/C16H15N3O5S2/c1-23-12-5-4-10(7-14(12)26(17,21)22)18-15(20)8-11-9-25-16(19-11)13-3-2-6-24-13/h2-7,9H,8H2,1H3,(H,18,20)(H2,17,21,22). The number of carbonyl (C=O) groups is 1. The van der Waals surface area contributed by atoms with E-state index in [1.54, 1.807) is 23.8 Å². The molecule has 0 fully saturated rings. The third-order valence-corrected chi connectivity index (χ3v) is 5.22. The van der Waals surface area contributed by atoms with Crippen LogP contribution in [0.25, 0.3) is 10.8 Å². The molecule has 3 N–H and O–H groups in total. The maximum absolute atomic E-state index is 12.2. The van der Waals surface area contributed by atoms with Crippen molar-refractivity contribution >= 4 is 33.0 Å². The minimum atomic E-state index is -3.98. The van der Waals surface area contributed by atoms with Gasteiger partial charge in [-0.05, 0) is 30.3 Å². The molecule has 0 saturated heterocycles. The second-order valence-corrected chi connectivity index (χ2v) is 7.64. The van der Waals surface area contributed by atoms with E-state index in [0.29, 0.717) is 22.1 Å². The van der Waals surface area contributed by atoms with Crippen LogP contribution < -0.4 is 15.2 Å². The zero-order valence-corrected chi connectivity index (χ0v) is 15.3. The quantitative estimate of drug-likeness (QED) is 0.662. The van der Waals surface area contributed by atoms with Gasteiger partial charge in [-0.25, -0.2) is 18.5 Å². The zero-order valence-electron chi connectivity index (χ0n) is 13.6. The lowest BCUT2D eigenvalue weighted by Crippen LogP contribution is -2.17. The van der Waals surface area contributed by atoms with E-state index in [1.165, 1.54) is 36.6 Å². The Morgan fingerprint density at radius 2 is 2.19 bits per heavy atom. The molecule has 0 spiro atoms. The van der Waals surface area contributed by atoms with Crippen LogP contribution >= 0.6 is 11.3 Å². The van der Waals surface area contributed by atoms with Crippen molar-refractivity contribution < 1.29 is 22.4 Å². The fourth-order valence-electron chi connectivity index (χ4n) is 2.25. The molecule has 136 valence electrons. The highest BCUT2D eigenvalue weighted by Crippen LogP contribution is 2.27. The molecular formula is C16H15N3O5S2. The van der Waals surface area contributed by atoms with Crippen LogP contribution in [0.3, 0.4) is 0 Å². The first-order valence-corrected chi connectivity index (χ1v) is 9.78. The Labute approximate surface area is 153 Å². The molecule has 0 unspecified atom stereocenters. The first-order chi connectivity index (χ1) is 12.4. The molecule has 2 aromatic heterocycles. The van der Waals surface area contributed by atoms with Gasteiger partial charge in [0.15, 0.2) is 10.8 Å². The number of nitrogens with one attached hydrogen (secondary N) is 1. The zero-order chi connectivity index (χ0) is 18.7. The summed E-state index contributed by atoms with van der Waals surface area (Å²) in [7, 11) is -2.65. The summed E-state index contributed by atoms with van der Waals surface area (Å²) in [6, 6.07) is 7.75. The predicted octanol–water partition coefficient (Wildman–Crippen LogP) is 2.24. The van der Waals surface area contributed by atoms with Crippen molar-refractivity contribution in [3.63, 3.8) is 0 Å². The number of primary sulfonamides is 1. The lowest BCUT2D eigenvalue weighted by Gasteiger charge is -2.10. The molecule has 0 aliphatic rings. The Kier molecular flexibility index (Phi) is 5.07. The fourth-order valence-corrected chi connectivity index (χ4v) is 3.76. The van der Waals surface area contributed by atoms with E-state index in [1.807, 2.05) is 0 Å². The Hall–Kier alpha value is -2.69. The van der Waals surface area contributed by atoms with Gasteiger partial charge in [-0.2, -0.15) is 0 Å². The van der Waals surface area contributed by atoms with E-state index in [9.17, 15) is 13.2 Å². The second-order valence-electron chi connectivity index (χ2n) is 5.26. The van der Waals surface area contributed by atoms with Crippen LogP contribution in [0.15, 0.2) is 51.3 Å². The molecule has 2 heterocycles. The van der Waals surface area contributed by atoms with E-state index in [2.05, 4.69) is 10.3 Å². The fraction of sp³-hybridized carbons (Fsp3) is 0.125. The molecule has 1 aromatic carbocycles. The number of sulfonamides is 1. The number of benzene rings is 1. The van der Waals surface area contributed by atoms with Gasteiger partial charge in [-0.3, -0.25) is 4.79 Å². The summed E-state index contributed by atoms with van der Waals surface area (Å²) in [6.07, 6.45) is 1.59. The van der Waals surface area contributed by atoms with Gasteiger partial charge in [0.1, 0.15) is 10.6 Å². The summed E-state index contributed by atoms with van der Waals surface area (Å²) in [6.45, 7) is 0. The number of ether oxygens (including phenoxy) is 1. The van der Waals surface area contributed by atoms with Gasteiger partial charge in [0.25, 0.3) is 0 Å². The van der Waals surface area contributed by atoms with Crippen LogP contribution in [-0.2, 0) is 21.2 Å². The number of nitrogens with zero attached hydrogens (tertiary/aromatic N) is 1. The average molecular weight is 393 g/mol. The Bertz CT molecular complexity index is 1030. The molecule has 26 heavy (non-hydrogen) atoms. The van der Waals surface area contributed by atoms with Crippen molar-refractivity contribution in [2.45, 2.75) is 11.3 Å². The van der Waals surface area contributed by atoms with Crippen molar-refractivity contribution in [3.8, 4) is 16.5 Å². The van der Waals surface area contributed by atoms with Gasteiger partial charge in [0, 0.05) is 11.1 Å². The normalized spacial score (nSPS) is 11.3. The van der Waals surface area contributed by atoms with Gasteiger partial charge in [-0.1, -0.05) is 0 Å². The summed E-state index contributed by atoms with van der Waals surface area (Å²) in [5, 5.41) is 10.2. The van der Waals surface area contributed by atoms with Crippen molar-refractivity contribution in [2.24, 2.45) is 5.14 Å². The molecule has 0 radical (unpaired) electrons. The van der Waals surface area contributed by atoms with Crippen LogP contribution in [0.1, 0.15) is 5.69 Å². The largest absolute Gasteiger partial charge is 0.495 e. The Morgan fingerprint density at radius 1 is 1.38 bits per heavy atom. The minimum absolute atomic E-state index is 0.0357.